The molecule has 0 amide bonds. The summed E-state index contributed by atoms with van der Waals surface area (Å²) in [6.07, 6.45) is -2.50. The second kappa shape index (κ2) is 8.12. The topological polar surface area (TPSA) is 79.2 Å². The molecule has 2 atom stereocenters. The van der Waals surface area contributed by atoms with Gasteiger partial charge in [-0.2, -0.15) is 0 Å². The molecule has 2 rings (SSSR count). The van der Waals surface area contributed by atoms with E-state index in [9.17, 15) is 15.0 Å². The van der Waals surface area contributed by atoms with Crippen molar-refractivity contribution in [2.45, 2.75) is 25.6 Å². The summed E-state index contributed by atoms with van der Waals surface area (Å²) in [6, 6.07) is 7.34. The van der Waals surface area contributed by atoms with Gasteiger partial charge in [-0.25, -0.2) is 0 Å². The molecule has 0 bridgehead atoms. The number of aliphatic hydroxyl groups excluding tert-OH is 2. The first kappa shape index (κ1) is 16.7. The average Bonchev–Trinajstić information content (AvgIpc) is 2.55. The number of benzene rings is 1. The lowest BCUT2D eigenvalue weighted by Gasteiger charge is -2.29. The first-order valence-corrected chi connectivity index (χ1v) is 7.56. The van der Waals surface area contributed by atoms with Crippen molar-refractivity contribution in [2.24, 2.45) is 0 Å². The Morgan fingerprint density at radius 3 is 2.50 bits per heavy atom. The number of aliphatic hydroxyl groups is 2. The molecule has 1 saturated heterocycles. The first-order valence-electron chi connectivity index (χ1n) is 7.56. The monoisotopic (exact) mass is 309 g/mol. The molecular formula is C16H23NO5. The van der Waals surface area contributed by atoms with Crippen LogP contribution in [-0.2, 0) is 14.3 Å². The molecule has 0 spiro atoms. The number of anilines is 1. The van der Waals surface area contributed by atoms with Gasteiger partial charge in [0, 0.05) is 18.8 Å². The molecule has 6 heteroatoms. The van der Waals surface area contributed by atoms with Crippen molar-refractivity contribution in [1.29, 1.82) is 0 Å². The summed E-state index contributed by atoms with van der Waals surface area (Å²) in [7, 11) is 0. The normalized spacial score (nSPS) is 17.9. The number of nitrogens with zero attached hydrogens (tertiary/aromatic N) is 1. The zero-order valence-electron chi connectivity index (χ0n) is 12.8. The summed E-state index contributed by atoms with van der Waals surface area (Å²) >= 11 is 0. The number of esters is 1. The van der Waals surface area contributed by atoms with E-state index in [1.165, 1.54) is 0 Å². The zero-order chi connectivity index (χ0) is 15.9. The van der Waals surface area contributed by atoms with Crippen molar-refractivity contribution < 1.29 is 24.5 Å². The van der Waals surface area contributed by atoms with Gasteiger partial charge >= 0.3 is 5.97 Å². The summed E-state index contributed by atoms with van der Waals surface area (Å²) in [4.78, 5) is 13.5. The second-order valence-corrected chi connectivity index (χ2v) is 5.21. The predicted molar refractivity (Wildman–Crippen MR) is 81.7 cm³/mol. The maximum Gasteiger partial charge on any atom is 0.308 e. The van der Waals surface area contributed by atoms with Crippen LogP contribution in [0.15, 0.2) is 24.3 Å². The summed E-state index contributed by atoms with van der Waals surface area (Å²) < 4.78 is 10.1. The lowest BCUT2D eigenvalue weighted by Crippen LogP contribution is -2.36. The summed E-state index contributed by atoms with van der Waals surface area (Å²) in [5.74, 6) is -0.515. The first-order chi connectivity index (χ1) is 10.6. The summed E-state index contributed by atoms with van der Waals surface area (Å²) in [5, 5.41) is 20.0. The molecular weight excluding hydrogens is 286 g/mol. The maximum atomic E-state index is 11.3. The van der Waals surface area contributed by atoms with E-state index < -0.39 is 18.2 Å². The minimum atomic E-state index is -1.17. The van der Waals surface area contributed by atoms with E-state index in [2.05, 4.69) is 4.90 Å². The quantitative estimate of drug-likeness (QED) is 0.759. The minimum absolute atomic E-state index is 0.222. The Bertz CT molecular complexity index is 470. The average molecular weight is 309 g/mol. The second-order valence-electron chi connectivity index (χ2n) is 5.21. The highest BCUT2D eigenvalue weighted by molar-refractivity contribution is 5.70. The van der Waals surface area contributed by atoms with Crippen molar-refractivity contribution in [1.82, 2.24) is 0 Å². The van der Waals surface area contributed by atoms with E-state index in [1.54, 1.807) is 19.1 Å². The summed E-state index contributed by atoms with van der Waals surface area (Å²) in [5.41, 5.74) is 1.63. The number of ether oxygens (including phenoxy) is 2. The Labute approximate surface area is 130 Å². The molecule has 6 nitrogen and oxygen atoms in total. The molecule has 2 N–H and O–H groups in total. The number of carbonyl (C=O) groups is 1. The van der Waals surface area contributed by atoms with Crippen LogP contribution in [0.5, 0.6) is 0 Å². The molecule has 0 aliphatic carbocycles. The third-order valence-electron chi connectivity index (χ3n) is 3.66. The Hall–Kier alpha value is -1.63. The van der Waals surface area contributed by atoms with Crippen molar-refractivity contribution >= 4 is 11.7 Å². The predicted octanol–water partition coefficient (Wildman–Crippen LogP) is 0.871. The van der Waals surface area contributed by atoms with Crippen LogP contribution in [0.2, 0.25) is 0 Å². The van der Waals surface area contributed by atoms with Crippen LogP contribution >= 0.6 is 0 Å². The van der Waals surface area contributed by atoms with Crippen LogP contribution in [0.1, 0.15) is 25.0 Å². The fraction of sp³-hybridized carbons (Fsp3) is 0.562. The fourth-order valence-electron chi connectivity index (χ4n) is 2.43. The van der Waals surface area contributed by atoms with E-state index >= 15 is 0 Å². The standard InChI is InChI=1S/C16H23NO5/c1-2-22-15(19)11-14(18)16(20)12-3-5-13(6-4-12)17-7-9-21-10-8-17/h3-6,14,16,18,20H,2,7-11H2,1H3. The van der Waals surface area contributed by atoms with Gasteiger partial charge in [0.05, 0.1) is 32.3 Å². The molecule has 122 valence electrons. The highest BCUT2D eigenvalue weighted by Crippen LogP contribution is 2.23. The maximum absolute atomic E-state index is 11.3. The largest absolute Gasteiger partial charge is 0.466 e. The van der Waals surface area contributed by atoms with Crippen molar-refractivity contribution in [3.05, 3.63) is 29.8 Å². The molecule has 1 aromatic rings. The molecule has 22 heavy (non-hydrogen) atoms. The van der Waals surface area contributed by atoms with E-state index in [4.69, 9.17) is 9.47 Å². The third-order valence-corrected chi connectivity index (χ3v) is 3.66. The fourth-order valence-corrected chi connectivity index (χ4v) is 2.43. The van der Waals surface area contributed by atoms with Gasteiger partial charge in [-0.1, -0.05) is 12.1 Å². The highest BCUT2D eigenvalue weighted by atomic mass is 16.5. The van der Waals surface area contributed by atoms with E-state index in [0.29, 0.717) is 18.8 Å². The van der Waals surface area contributed by atoms with Crippen LogP contribution in [0.25, 0.3) is 0 Å². The van der Waals surface area contributed by atoms with Crippen molar-refractivity contribution in [3.63, 3.8) is 0 Å². The van der Waals surface area contributed by atoms with Crippen molar-refractivity contribution in [3.8, 4) is 0 Å². The number of rotatable bonds is 6. The van der Waals surface area contributed by atoms with Crippen LogP contribution in [0.3, 0.4) is 0 Å². The van der Waals surface area contributed by atoms with Gasteiger partial charge in [-0.3, -0.25) is 4.79 Å². The molecule has 0 saturated carbocycles. The molecule has 1 aliphatic heterocycles. The SMILES string of the molecule is CCOC(=O)CC(O)C(O)c1ccc(N2CCOCC2)cc1. The Morgan fingerprint density at radius 2 is 1.91 bits per heavy atom. The van der Waals surface area contributed by atoms with Gasteiger partial charge in [0.15, 0.2) is 0 Å². The molecule has 1 aromatic carbocycles. The van der Waals surface area contributed by atoms with Crippen LogP contribution in [0.4, 0.5) is 5.69 Å². The number of morpholine rings is 1. The highest BCUT2D eigenvalue weighted by Gasteiger charge is 2.22. The molecule has 2 unspecified atom stereocenters. The molecule has 1 heterocycles. The molecule has 1 fully saturated rings. The number of carbonyl (C=O) groups excluding carboxylic acids is 1. The zero-order valence-corrected chi connectivity index (χ0v) is 12.8. The van der Waals surface area contributed by atoms with E-state index in [1.807, 2.05) is 12.1 Å². The van der Waals surface area contributed by atoms with Crippen LogP contribution < -0.4 is 4.90 Å². The summed E-state index contributed by atoms with van der Waals surface area (Å²) in [6.45, 7) is 5.06. The lowest BCUT2D eigenvalue weighted by atomic mass is 10.0. The molecule has 0 radical (unpaired) electrons. The third kappa shape index (κ3) is 4.43. The lowest BCUT2D eigenvalue weighted by molar-refractivity contribution is -0.147. The Balaban J connectivity index is 1.95. The van der Waals surface area contributed by atoms with Gasteiger partial charge in [-0.15, -0.1) is 0 Å². The Morgan fingerprint density at radius 1 is 1.27 bits per heavy atom. The molecule has 0 aromatic heterocycles. The van der Waals surface area contributed by atoms with Crippen LogP contribution in [0, 0.1) is 0 Å². The number of hydrogen-bond acceptors (Lipinski definition) is 6. The number of hydrogen-bond donors (Lipinski definition) is 2. The van der Waals surface area contributed by atoms with Gasteiger partial charge < -0.3 is 24.6 Å². The minimum Gasteiger partial charge on any atom is -0.466 e. The van der Waals surface area contributed by atoms with Crippen molar-refractivity contribution in [2.75, 3.05) is 37.8 Å². The smallest absolute Gasteiger partial charge is 0.308 e. The van der Waals surface area contributed by atoms with Gasteiger partial charge in [0.1, 0.15) is 6.10 Å². The van der Waals surface area contributed by atoms with E-state index in [-0.39, 0.29) is 13.0 Å². The molecule has 1 aliphatic rings. The van der Waals surface area contributed by atoms with Gasteiger partial charge in [-0.05, 0) is 24.6 Å². The van der Waals surface area contributed by atoms with Gasteiger partial charge in [0.2, 0.25) is 0 Å². The van der Waals surface area contributed by atoms with E-state index in [0.717, 1.165) is 18.8 Å². The van der Waals surface area contributed by atoms with Gasteiger partial charge in [0.25, 0.3) is 0 Å². The van der Waals surface area contributed by atoms with Crippen LogP contribution in [-0.4, -0.2) is 55.2 Å². The Kier molecular flexibility index (Phi) is 6.18.